The summed E-state index contributed by atoms with van der Waals surface area (Å²) in [6.07, 6.45) is 12.0. The molecule has 4 aromatic rings. The first-order valence-corrected chi connectivity index (χ1v) is 33.0. The van der Waals surface area contributed by atoms with Crippen molar-refractivity contribution in [3.8, 4) is 22.6 Å². The average Bonchev–Trinajstić information content (AvgIpc) is 3.18. The second kappa shape index (κ2) is 24.6. The second-order valence-corrected chi connectivity index (χ2v) is 34.6. The van der Waals surface area contributed by atoms with E-state index in [0.29, 0.717) is 25.5 Å². The summed E-state index contributed by atoms with van der Waals surface area (Å²) in [4.78, 5) is 43.4. The molecule has 14 heteroatoms. The van der Waals surface area contributed by atoms with E-state index in [9.17, 15) is 9.59 Å². The smallest absolute Gasteiger partial charge is 0.410 e. The first-order valence-electron chi connectivity index (χ1n) is 22.0. The predicted molar refractivity (Wildman–Crippen MR) is 261 cm³/mol. The van der Waals surface area contributed by atoms with Gasteiger partial charge in [0.1, 0.15) is 18.0 Å². The maximum Gasteiger partial charge on any atom is 0.410 e. The zero-order chi connectivity index (χ0) is 46.2. The molecule has 63 heavy (non-hydrogen) atoms. The number of aryl methyl sites for hydroxylation is 2. The monoisotopic (exact) mass is 1090 g/mol. The Morgan fingerprint density at radius 1 is 0.683 bits per heavy atom. The van der Waals surface area contributed by atoms with Crippen LogP contribution in [-0.4, -0.2) is 123 Å². The first kappa shape index (κ1) is 52.0. The van der Waals surface area contributed by atoms with Gasteiger partial charge in [-0.2, -0.15) is 0 Å². The normalized spacial score (nSPS) is 15.9. The Kier molecular flexibility index (Phi) is 20.3. The van der Waals surface area contributed by atoms with Crippen molar-refractivity contribution in [1.82, 2.24) is 19.8 Å². The number of pyridine rings is 2. The first-order chi connectivity index (χ1) is 29.7. The molecule has 0 spiro atoms. The van der Waals surface area contributed by atoms with Crippen LogP contribution in [0.5, 0.6) is 11.5 Å². The zero-order valence-electron chi connectivity index (χ0n) is 38.7. The molecule has 12 nitrogen and oxygen atoms in total. The van der Waals surface area contributed by atoms with Crippen LogP contribution in [0.15, 0.2) is 85.5 Å². The maximum absolute atomic E-state index is 12.2. The summed E-state index contributed by atoms with van der Waals surface area (Å²) in [5, 5.41) is 17.6. The van der Waals surface area contributed by atoms with Gasteiger partial charge in [-0.1, -0.05) is 36.4 Å². The van der Waals surface area contributed by atoms with Crippen LogP contribution in [0, 0.1) is 3.57 Å². The molecule has 0 bridgehead atoms. The minimum atomic E-state index is -2.13. The van der Waals surface area contributed by atoms with Crippen LogP contribution in [0.3, 0.4) is 0 Å². The zero-order valence-corrected chi connectivity index (χ0v) is 43.7. The van der Waals surface area contributed by atoms with Crippen molar-refractivity contribution in [2.45, 2.75) is 118 Å². The number of benzene rings is 2. The van der Waals surface area contributed by atoms with Gasteiger partial charge in [0.05, 0.1) is 12.2 Å². The number of aliphatic hydroxyl groups excluding tert-OH is 2. The molecule has 0 unspecified atom stereocenters. The number of hydrogen-bond acceptors (Lipinski definition) is 10. The molecule has 2 N–H and O–H groups in total. The molecular weight excluding hydrogens is 1020 g/mol. The Bertz CT molecular complexity index is 2050. The van der Waals surface area contributed by atoms with Crippen LogP contribution < -0.4 is 13.1 Å². The average molecular weight is 1090 g/mol. The van der Waals surface area contributed by atoms with Gasteiger partial charge in [-0.25, -0.2) is 4.79 Å². The topological polar surface area (TPSA) is 144 Å². The number of carbonyl (C=O) groups excluding carboxylic acids is 2. The van der Waals surface area contributed by atoms with E-state index in [1.165, 1.54) is 18.3 Å². The number of ether oxygens (including phenoxy) is 4. The number of rotatable bonds is 14. The number of amides is 2. The number of carbonyl (C=O) groups is 2. The molecule has 0 aliphatic carbocycles. The van der Waals surface area contributed by atoms with Gasteiger partial charge >= 0.3 is 149 Å². The number of aromatic nitrogens is 2. The molecule has 4 heterocycles. The Balaban J connectivity index is 0.000000227. The van der Waals surface area contributed by atoms with E-state index in [0.717, 1.165) is 61.9 Å². The molecule has 2 saturated heterocycles. The summed E-state index contributed by atoms with van der Waals surface area (Å²) in [6, 6.07) is 20.8. The molecule has 2 atom stereocenters. The number of halogens is 1. The predicted octanol–water partition coefficient (Wildman–Crippen LogP) is 9.29. The standard InChI is InChI=1S/C23H30N2O4.C14H19N2O3.C9H11IO.3CH3.Sn/c1-23(2,3)29-22(27)25-10-9-20(25)16-28-21-13-19(14-24-15-21)18-8-4-6-17(12-18)7-5-11-26;1-14(2,3)19-13(17)16-8-6-11(16)10-18-12-5-4-7-15-9-12;10-9-5-1-3-8(7-9)4-2-6-11;;;;/h4,6,8,12-15,20,26H,5,7,9-11,16H2,1-3H3;5,7,9,11H,6,8,10H2,1-3H3;1,3,5,7,11H,2,4,6H2;3*1H3;/t20-;11-;;;;;/m11...../s1. The maximum atomic E-state index is 12.2. The van der Waals surface area contributed by atoms with Gasteiger partial charge < -0.3 is 24.6 Å². The minimum Gasteiger partial charge on any atom is -0.490 e. The van der Waals surface area contributed by atoms with Gasteiger partial charge in [-0.3, -0.25) is 4.98 Å². The van der Waals surface area contributed by atoms with E-state index < -0.39 is 29.6 Å². The number of nitrogens with zero attached hydrogens (tertiary/aromatic N) is 4. The molecule has 2 fully saturated rings. The molecule has 2 aliphatic rings. The summed E-state index contributed by atoms with van der Waals surface area (Å²) < 4.78 is 25.3. The summed E-state index contributed by atoms with van der Waals surface area (Å²) in [7, 11) is 0. The molecule has 0 radical (unpaired) electrons. The largest absolute Gasteiger partial charge is 0.490 e. The van der Waals surface area contributed by atoms with Crippen LogP contribution in [0.2, 0.25) is 14.8 Å². The molecule has 6 rings (SSSR count). The molecule has 2 aromatic carbocycles. The molecular formula is C49H69IN4O8Sn. The van der Waals surface area contributed by atoms with Gasteiger partial charge in [0.25, 0.3) is 0 Å². The van der Waals surface area contributed by atoms with E-state index in [1.54, 1.807) is 22.2 Å². The van der Waals surface area contributed by atoms with Crippen molar-refractivity contribution in [2.75, 3.05) is 39.5 Å². The second-order valence-electron chi connectivity index (χ2n) is 18.9. The van der Waals surface area contributed by atoms with Crippen molar-refractivity contribution in [2.24, 2.45) is 0 Å². The molecule has 2 aliphatic heterocycles. The van der Waals surface area contributed by atoms with E-state index >= 15 is 0 Å². The van der Waals surface area contributed by atoms with Crippen LogP contribution in [-0.2, 0) is 22.3 Å². The van der Waals surface area contributed by atoms with Crippen LogP contribution in [0.1, 0.15) is 78.4 Å². The Morgan fingerprint density at radius 3 is 1.63 bits per heavy atom. The Morgan fingerprint density at radius 2 is 1.17 bits per heavy atom. The number of likely N-dealkylation sites (tertiary alicyclic amines) is 2. The van der Waals surface area contributed by atoms with Crippen molar-refractivity contribution in [3.05, 3.63) is 100 Å². The number of aliphatic hydroxyl groups is 2. The van der Waals surface area contributed by atoms with Crippen LogP contribution in [0.25, 0.3) is 11.1 Å². The van der Waals surface area contributed by atoms with Crippen molar-refractivity contribution in [1.29, 1.82) is 0 Å². The van der Waals surface area contributed by atoms with Gasteiger partial charge in [0.15, 0.2) is 0 Å². The minimum absolute atomic E-state index is 0.0234. The molecule has 344 valence electrons. The molecule has 2 aromatic heterocycles. The van der Waals surface area contributed by atoms with E-state index in [-0.39, 0.29) is 37.5 Å². The van der Waals surface area contributed by atoms with Crippen LogP contribution in [0.4, 0.5) is 9.59 Å². The van der Waals surface area contributed by atoms with E-state index in [1.807, 2.05) is 72.1 Å². The Labute approximate surface area is 393 Å². The molecule has 0 saturated carbocycles. The molecule has 2 amide bonds. The van der Waals surface area contributed by atoms with E-state index in [2.05, 4.69) is 89.8 Å². The third-order valence-corrected chi connectivity index (χ3v) is 16.5. The number of hydrogen-bond donors (Lipinski definition) is 2. The summed E-state index contributed by atoms with van der Waals surface area (Å²) in [5.74, 6) is 1.48. The van der Waals surface area contributed by atoms with Crippen LogP contribution >= 0.6 is 22.6 Å². The SMILES string of the molecule is CC(C)(C)OC(=O)N1CC[C@@H]1COc1cnc[c]([Sn]([CH3])([CH3])[CH3])c1.CC(C)(C)OC(=O)N1CC[C@@H]1COc1cncc(-c2cccc(CCCO)c2)c1.OCCCc1cccc(I)c1. The van der Waals surface area contributed by atoms with Gasteiger partial charge in [-0.15, -0.1) is 0 Å². The van der Waals surface area contributed by atoms with Crippen molar-refractivity contribution < 1.29 is 38.7 Å². The van der Waals surface area contributed by atoms with Gasteiger partial charge in [0.2, 0.25) is 0 Å². The summed E-state index contributed by atoms with van der Waals surface area (Å²) in [6.45, 7) is 14.1. The fourth-order valence-corrected chi connectivity index (χ4v) is 10.0. The van der Waals surface area contributed by atoms with E-state index in [4.69, 9.17) is 29.2 Å². The third-order valence-electron chi connectivity index (χ3n) is 10.1. The van der Waals surface area contributed by atoms with Crippen molar-refractivity contribution in [3.63, 3.8) is 0 Å². The summed E-state index contributed by atoms with van der Waals surface area (Å²) in [5.41, 5.74) is 3.58. The Hall–Kier alpha value is -3.67. The fourth-order valence-electron chi connectivity index (χ4n) is 6.46. The fraction of sp³-hybridized carbons (Fsp3) is 0.510. The van der Waals surface area contributed by atoms with Gasteiger partial charge in [-0.05, 0) is 110 Å². The summed E-state index contributed by atoms with van der Waals surface area (Å²) >= 11 is 0.160. The quantitative estimate of drug-likeness (QED) is 0.0927. The third kappa shape index (κ3) is 18.4. The van der Waals surface area contributed by atoms with Crippen molar-refractivity contribution >= 4 is 56.7 Å². The van der Waals surface area contributed by atoms with Gasteiger partial charge in [0, 0.05) is 35.1 Å².